The molecule has 0 N–H and O–H groups in total. The third-order valence-electron chi connectivity index (χ3n) is 11.6. The molecule has 1 unspecified atom stereocenters. The lowest BCUT2D eigenvalue weighted by atomic mass is 10.1. The molecule has 0 heterocycles. The van der Waals surface area contributed by atoms with Gasteiger partial charge in [-0.15, -0.1) is 0 Å². The largest absolute Gasteiger partial charge is 0.462 e. The van der Waals surface area contributed by atoms with Gasteiger partial charge in [-0.05, 0) is 96.3 Å². The number of hydrogen-bond acceptors (Lipinski definition) is 6. The van der Waals surface area contributed by atoms with Gasteiger partial charge in [0.2, 0.25) is 0 Å². The second-order valence-corrected chi connectivity index (χ2v) is 18.1. The number of carbonyl (C=O) groups excluding carboxylic acids is 3. The maximum Gasteiger partial charge on any atom is 0.306 e. The van der Waals surface area contributed by atoms with E-state index in [1.807, 2.05) is 0 Å². The molecular weight excluding hydrogens is 817 g/mol. The van der Waals surface area contributed by atoms with Crippen LogP contribution in [-0.4, -0.2) is 37.2 Å². The van der Waals surface area contributed by atoms with Crippen LogP contribution in [0.5, 0.6) is 0 Å². The lowest BCUT2D eigenvalue weighted by molar-refractivity contribution is -0.167. The minimum Gasteiger partial charge on any atom is -0.462 e. The Hall–Kier alpha value is -3.41. The highest BCUT2D eigenvalue weighted by Crippen LogP contribution is 2.14. The van der Waals surface area contributed by atoms with Gasteiger partial charge >= 0.3 is 17.9 Å². The molecule has 0 aromatic carbocycles. The molecule has 0 amide bonds. The fraction of sp³-hybridized carbons (Fsp3) is 0.717. The topological polar surface area (TPSA) is 78.9 Å². The van der Waals surface area contributed by atoms with Crippen molar-refractivity contribution in [2.45, 2.75) is 264 Å². The van der Waals surface area contributed by atoms with Crippen LogP contribution in [0.1, 0.15) is 258 Å². The minimum absolute atomic E-state index is 0.0866. The Balaban J connectivity index is 4.38. The SMILES string of the molecule is CC/C=C\C/C=C\C/C=C\C/C=C\C/C=C\C/C=C\CCCCCCC(=O)OCC(COC(=O)CCCCCCCCCCCCC)OC(=O)CCCCCCC/C=C\CCCCCCC. The zero-order valence-electron chi connectivity index (χ0n) is 43.2. The Morgan fingerprint density at radius 3 is 0.939 bits per heavy atom. The maximum absolute atomic E-state index is 12.8. The van der Waals surface area contributed by atoms with Gasteiger partial charge in [-0.2, -0.15) is 0 Å². The van der Waals surface area contributed by atoms with E-state index >= 15 is 0 Å². The van der Waals surface area contributed by atoms with Crippen molar-refractivity contribution in [1.29, 1.82) is 0 Å². The lowest BCUT2D eigenvalue weighted by Gasteiger charge is -2.18. The van der Waals surface area contributed by atoms with Gasteiger partial charge < -0.3 is 14.2 Å². The molecule has 0 aromatic rings. The molecule has 0 rings (SSSR count). The number of carbonyl (C=O) groups is 3. The summed E-state index contributed by atoms with van der Waals surface area (Å²) in [5, 5.41) is 0. The summed E-state index contributed by atoms with van der Waals surface area (Å²) in [6.45, 7) is 6.48. The number of unbranched alkanes of at least 4 members (excludes halogenated alkanes) is 24. The molecule has 0 aliphatic carbocycles. The standard InChI is InChI=1S/C60H102O6/c1-4-7-10-13-16-19-22-24-26-27-28-29-30-31-32-33-34-36-38-41-44-47-50-53-59(62)65-56-57(55-64-58(61)52-49-46-43-40-37-21-18-15-12-9-6-3)66-60(63)54-51-48-45-42-39-35-25-23-20-17-14-11-8-5-2/h7,10,16,19,23-26,28-29,31-32,34,36,57H,4-6,8-9,11-15,17-18,20-22,27,30,33,35,37-56H2,1-3H3/b10-7-,19-16-,25-23-,26-24-,29-28-,32-31-,36-34-. The van der Waals surface area contributed by atoms with Crippen LogP contribution in [0.2, 0.25) is 0 Å². The van der Waals surface area contributed by atoms with Crippen LogP contribution in [0.3, 0.4) is 0 Å². The first-order valence-corrected chi connectivity index (χ1v) is 27.6. The molecule has 66 heavy (non-hydrogen) atoms. The van der Waals surface area contributed by atoms with Crippen LogP contribution >= 0.6 is 0 Å². The van der Waals surface area contributed by atoms with Crippen molar-refractivity contribution in [1.82, 2.24) is 0 Å². The predicted octanol–water partition coefficient (Wildman–Crippen LogP) is 18.4. The van der Waals surface area contributed by atoms with E-state index < -0.39 is 6.10 Å². The highest BCUT2D eigenvalue weighted by molar-refractivity contribution is 5.71. The number of allylic oxidation sites excluding steroid dienone is 14. The molecule has 0 aliphatic heterocycles. The Bertz CT molecular complexity index is 1290. The van der Waals surface area contributed by atoms with Gasteiger partial charge in [-0.1, -0.05) is 228 Å². The Kier molecular flexibility index (Phi) is 51.4. The molecule has 1 atom stereocenters. The van der Waals surface area contributed by atoms with E-state index in [4.69, 9.17) is 14.2 Å². The van der Waals surface area contributed by atoms with Crippen LogP contribution in [0.15, 0.2) is 85.1 Å². The first kappa shape index (κ1) is 62.6. The quantitative estimate of drug-likeness (QED) is 0.0262. The number of hydrogen-bond donors (Lipinski definition) is 0. The summed E-state index contributed by atoms with van der Waals surface area (Å²) in [4.78, 5) is 38.0. The van der Waals surface area contributed by atoms with Crippen LogP contribution < -0.4 is 0 Å². The zero-order valence-corrected chi connectivity index (χ0v) is 43.2. The monoisotopic (exact) mass is 919 g/mol. The highest BCUT2D eigenvalue weighted by atomic mass is 16.6. The molecule has 378 valence electrons. The fourth-order valence-electron chi connectivity index (χ4n) is 7.50. The molecule has 0 aromatic heterocycles. The normalized spacial score (nSPS) is 12.7. The Labute approximate surface area is 407 Å². The third kappa shape index (κ3) is 51.6. The summed E-state index contributed by atoms with van der Waals surface area (Å²) in [6, 6.07) is 0. The van der Waals surface area contributed by atoms with Crippen molar-refractivity contribution < 1.29 is 28.6 Å². The van der Waals surface area contributed by atoms with Crippen molar-refractivity contribution in [3.63, 3.8) is 0 Å². The third-order valence-corrected chi connectivity index (χ3v) is 11.6. The van der Waals surface area contributed by atoms with E-state index in [0.717, 1.165) is 122 Å². The molecule has 0 saturated carbocycles. The number of esters is 3. The first-order valence-electron chi connectivity index (χ1n) is 27.6. The van der Waals surface area contributed by atoms with Gasteiger partial charge in [0, 0.05) is 19.3 Å². The first-order chi connectivity index (χ1) is 32.5. The van der Waals surface area contributed by atoms with Crippen LogP contribution in [0.25, 0.3) is 0 Å². The molecule has 0 bridgehead atoms. The average Bonchev–Trinajstić information content (AvgIpc) is 3.31. The van der Waals surface area contributed by atoms with E-state index in [2.05, 4.69) is 106 Å². The number of rotatable bonds is 49. The zero-order chi connectivity index (χ0) is 47.9. The van der Waals surface area contributed by atoms with Gasteiger partial charge in [0.15, 0.2) is 6.10 Å². The van der Waals surface area contributed by atoms with Crippen molar-refractivity contribution in [3.8, 4) is 0 Å². The van der Waals surface area contributed by atoms with Crippen LogP contribution in [0, 0.1) is 0 Å². The van der Waals surface area contributed by atoms with Crippen molar-refractivity contribution >= 4 is 17.9 Å². The van der Waals surface area contributed by atoms with Gasteiger partial charge in [-0.25, -0.2) is 0 Å². The highest BCUT2D eigenvalue weighted by Gasteiger charge is 2.19. The van der Waals surface area contributed by atoms with Gasteiger partial charge in [-0.3, -0.25) is 14.4 Å². The second-order valence-electron chi connectivity index (χ2n) is 18.1. The molecule has 6 heteroatoms. The molecule has 6 nitrogen and oxygen atoms in total. The Morgan fingerprint density at radius 2 is 0.591 bits per heavy atom. The second kappa shape index (κ2) is 54.2. The minimum atomic E-state index is -0.789. The molecule has 0 aliphatic rings. The van der Waals surface area contributed by atoms with Gasteiger partial charge in [0.05, 0.1) is 0 Å². The summed E-state index contributed by atoms with van der Waals surface area (Å²) in [6.07, 6.45) is 70.0. The Morgan fingerprint density at radius 1 is 0.318 bits per heavy atom. The van der Waals surface area contributed by atoms with Gasteiger partial charge in [0.25, 0.3) is 0 Å². The predicted molar refractivity (Wildman–Crippen MR) is 284 cm³/mol. The van der Waals surface area contributed by atoms with E-state index in [1.165, 1.54) is 96.3 Å². The van der Waals surface area contributed by atoms with E-state index in [0.29, 0.717) is 19.3 Å². The molecule has 0 saturated heterocycles. The summed E-state index contributed by atoms with van der Waals surface area (Å²) < 4.78 is 16.8. The van der Waals surface area contributed by atoms with E-state index in [1.54, 1.807) is 0 Å². The maximum atomic E-state index is 12.8. The van der Waals surface area contributed by atoms with E-state index in [9.17, 15) is 14.4 Å². The van der Waals surface area contributed by atoms with Gasteiger partial charge in [0.1, 0.15) is 13.2 Å². The van der Waals surface area contributed by atoms with Crippen LogP contribution in [0.4, 0.5) is 0 Å². The fourth-order valence-corrected chi connectivity index (χ4v) is 7.50. The molecule has 0 radical (unpaired) electrons. The summed E-state index contributed by atoms with van der Waals surface area (Å²) >= 11 is 0. The molecule has 0 fully saturated rings. The smallest absolute Gasteiger partial charge is 0.306 e. The summed E-state index contributed by atoms with van der Waals surface area (Å²) in [7, 11) is 0. The summed E-state index contributed by atoms with van der Waals surface area (Å²) in [5.41, 5.74) is 0. The number of ether oxygens (including phenoxy) is 3. The van der Waals surface area contributed by atoms with Crippen molar-refractivity contribution in [3.05, 3.63) is 85.1 Å². The summed E-state index contributed by atoms with van der Waals surface area (Å²) in [5.74, 6) is -0.919. The van der Waals surface area contributed by atoms with Crippen molar-refractivity contribution in [2.75, 3.05) is 13.2 Å². The average molecular weight is 919 g/mol. The van der Waals surface area contributed by atoms with E-state index in [-0.39, 0.29) is 31.1 Å². The van der Waals surface area contributed by atoms with Crippen LogP contribution in [-0.2, 0) is 28.6 Å². The molecular formula is C60H102O6. The van der Waals surface area contributed by atoms with Crippen molar-refractivity contribution in [2.24, 2.45) is 0 Å². The molecule has 0 spiro atoms. The lowest BCUT2D eigenvalue weighted by Crippen LogP contribution is -2.30.